The van der Waals surface area contributed by atoms with E-state index in [4.69, 9.17) is 5.73 Å². The highest BCUT2D eigenvalue weighted by atomic mass is 16.3. The first kappa shape index (κ1) is 16.9. The Labute approximate surface area is 144 Å². The fourth-order valence-corrected chi connectivity index (χ4v) is 3.24. The molecule has 3 N–H and O–H groups in total. The van der Waals surface area contributed by atoms with Crippen LogP contribution in [0, 0.1) is 5.92 Å². The molecule has 0 aliphatic carbocycles. The minimum atomic E-state index is -2.04. The first-order chi connectivity index (χ1) is 11.9. The number of benzene rings is 2. The summed E-state index contributed by atoms with van der Waals surface area (Å²) in [6.07, 6.45) is 0. The van der Waals surface area contributed by atoms with Gasteiger partial charge in [0.1, 0.15) is 6.54 Å². The molecule has 2 atom stereocenters. The van der Waals surface area contributed by atoms with Crippen LogP contribution < -0.4 is 10.6 Å². The minimum absolute atomic E-state index is 0.304. The minimum Gasteiger partial charge on any atom is -0.375 e. The van der Waals surface area contributed by atoms with Crippen LogP contribution in [0.4, 0.5) is 5.69 Å². The summed E-state index contributed by atoms with van der Waals surface area (Å²) in [5.74, 6) is -2.80. The summed E-state index contributed by atoms with van der Waals surface area (Å²) in [6.45, 7) is 1.15. The second-order valence-electron chi connectivity index (χ2n) is 6.09. The average molecular weight is 338 g/mol. The van der Waals surface area contributed by atoms with Crippen molar-refractivity contribution in [1.29, 1.82) is 0 Å². The highest BCUT2D eigenvalue weighted by Gasteiger charge is 2.55. The quantitative estimate of drug-likeness (QED) is 0.801. The van der Waals surface area contributed by atoms with E-state index in [0.717, 1.165) is 4.90 Å². The third-order valence-corrected chi connectivity index (χ3v) is 4.57. The van der Waals surface area contributed by atoms with E-state index < -0.39 is 23.3 Å². The lowest BCUT2D eigenvalue weighted by atomic mass is 9.79. The largest absolute Gasteiger partial charge is 0.375 e. The van der Waals surface area contributed by atoms with Crippen LogP contribution in [0.5, 0.6) is 0 Å². The maximum atomic E-state index is 12.9. The number of para-hydroxylation sites is 1. The molecule has 1 heterocycles. The molecule has 0 saturated carbocycles. The van der Waals surface area contributed by atoms with Gasteiger partial charge in [-0.15, -0.1) is 0 Å². The number of amides is 2. The molecular formula is C19H18N2O4. The topological polar surface area (TPSA) is 101 Å². The van der Waals surface area contributed by atoms with Gasteiger partial charge in [-0.05, 0) is 6.07 Å². The molecule has 0 unspecified atom stereocenters. The number of rotatable bonds is 5. The van der Waals surface area contributed by atoms with Gasteiger partial charge in [-0.2, -0.15) is 0 Å². The molecule has 6 nitrogen and oxygen atoms in total. The molecule has 128 valence electrons. The lowest BCUT2D eigenvalue weighted by molar-refractivity contribution is -0.140. The van der Waals surface area contributed by atoms with Crippen molar-refractivity contribution in [3.05, 3.63) is 65.7 Å². The van der Waals surface area contributed by atoms with Crippen molar-refractivity contribution in [2.24, 2.45) is 11.7 Å². The zero-order valence-electron chi connectivity index (χ0n) is 13.7. The van der Waals surface area contributed by atoms with Crippen LogP contribution >= 0.6 is 0 Å². The van der Waals surface area contributed by atoms with Crippen LogP contribution in [-0.2, 0) is 15.2 Å². The zero-order chi connectivity index (χ0) is 18.2. The highest BCUT2D eigenvalue weighted by Crippen LogP contribution is 2.45. The molecule has 0 radical (unpaired) electrons. The van der Waals surface area contributed by atoms with Crippen LogP contribution in [0.25, 0.3) is 0 Å². The molecule has 3 rings (SSSR count). The monoisotopic (exact) mass is 338 g/mol. The molecule has 2 aromatic carbocycles. The van der Waals surface area contributed by atoms with E-state index in [2.05, 4.69) is 0 Å². The Bertz CT molecular complexity index is 850. The number of aliphatic hydroxyl groups is 1. The van der Waals surface area contributed by atoms with Crippen molar-refractivity contribution in [3.63, 3.8) is 0 Å². The molecule has 2 amide bonds. The van der Waals surface area contributed by atoms with E-state index in [1.165, 1.54) is 6.92 Å². The first-order valence-electron chi connectivity index (χ1n) is 7.88. The number of nitrogens with zero attached hydrogens (tertiary/aromatic N) is 1. The van der Waals surface area contributed by atoms with Crippen LogP contribution in [0.3, 0.4) is 0 Å². The average Bonchev–Trinajstić information content (AvgIpc) is 2.84. The van der Waals surface area contributed by atoms with E-state index in [1.54, 1.807) is 54.6 Å². The van der Waals surface area contributed by atoms with Crippen molar-refractivity contribution in [2.45, 2.75) is 12.5 Å². The first-order valence-corrected chi connectivity index (χ1v) is 7.88. The van der Waals surface area contributed by atoms with Crippen LogP contribution in [-0.4, -0.2) is 29.2 Å². The number of ketones is 1. The van der Waals surface area contributed by atoms with Gasteiger partial charge in [0, 0.05) is 11.1 Å². The Kier molecular flexibility index (Phi) is 4.14. The maximum absolute atomic E-state index is 12.9. The predicted molar refractivity (Wildman–Crippen MR) is 91.8 cm³/mol. The highest BCUT2D eigenvalue weighted by molar-refractivity contribution is 6.13. The Hall–Kier alpha value is -2.99. The SMILES string of the molecule is C[C@H](C(=O)c1ccccc1)[C@]1(O)C(=O)N(CC(N)=O)c2ccccc21. The van der Waals surface area contributed by atoms with Gasteiger partial charge in [0.05, 0.1) is 11.6 Å². The van der Waals surface area contributed by atoms with Gasteiger partial charge in [-0.3, -0.25) is 19.3 Å². The van der Waals surface area contributed by atoms with E-state index in [-0.39, 0.29) is 12.3 Å². The molecule has 1 aliphatic rings. The Balaban J connectivity index is 2.06. The Morgan fingerprint density at radius 3 is 2.36 bits per heavy atom. The molecule has 25 heavy (non-hydrogen) atoms. The Morgan fingerprint density at radius 2 is 1.72 bits per heavy atom. The molecule has 6 heteroatoms. The lowest BCUT2D eigenvalue weighted by Crippen LogP contribution is -2.49. The molecular weight excluding hydrogens is 320 g/mol. The second-order valence-corrected chi connectivity index (χ2v) is 6.09. The molecule has 2 aromatic rings. The van der Waals surface area contributed by atoms with Crippen LogP contribution in [0.1, 0.15) is 22.8 Å². The summed E-state index contributed by atoms with van der Waals surface area (Å²) in [5.41, 5.74) is 4.28. The fraction of sp³-hybridized carbons (Fsp3) is 0.211. The summed E-state index contributed by atoms with van der Waals surface area (Å²) in [5, 5.41) is 11.2. The summed E-state index contributed by atoms with van der Waals surface area (Å²) in [4.78, 5) is 38.2. The zero-order valence-corrected chi connectivity index (χ0v) is 13.7. The summed E-state index contributed by atoms with van der Waals surface area (Å²) in [7, 11) is 0. The fourth-order valence-electron chi connectivity index (χ4n) is 3.24. The number of hydrogen-bond donors (Lipinski definition) is 2. The number of anilines is 1. The molecule has 0 spiro atoms. The van der Waals surface area contributed by atoms with Gasteiger partial charge >= 0.3 is 0 Å². The molecule has 0 saturated heterocycles. The van der Waals surface area contributed by atoms with Gasteiger partial charge in [0.15, 0.2) is 11.4 Å². The lowest BCUT2D eigenvalue weighted by Gasteiger charge is -2.28. The van der Waals surface area contributed by atoms with Crippen molar-refractivity contribution in [1.82, 2.24) is 0 Å². The number of primary amides is 1. The third kappa shape index (κ3) is 2.60. The smallest absolute Gasteiger partial charge is 0.264 e. The number of carbonyl (C=O) groups is 3. The van der Waals surface area contributed by atoms with Gasteiger partial charge in [-0.25, -0.2) is 0 Å². The summed E-state index contributed by atoms with van der Waals surface area (Å²) < 4.78 is 0. The summed E-state index contributed by atoms with van der Waals surface area (Å²) >= 11 is 0. The number of nitrogens with two attached hydrogens (primary N) is 1. The maximum Gasteiger partial charge on any atom is 0.264 e. The number of hydrogen-bond acceptors (Lipinski definition) is 4. The molecule has 0 bridgehead atoms. The van der Waals surface area contributed by atoms with Crippen molar-refractivity contribution >= 4 is 23.3 Å². The van der Waals surface area contributed by atoms with Crippen molar-refractivity contribution < 1.29 is 19.5 Å². The van der Waals surface area contributed by atoms with Crippen molar-refractivity contribution in [3.8, 4) is 0 Å². The normalized spacial score (nSPS) is 20.2. The molecule has 1 aliphatic heterocycles. The number of fused-ring (bicyclic) bond motifs is 1. The second kappa shape index (κ2) is 6.14. The molecule has 0 aromatic heterocycles. The van der Waals surface area contributed by atoms with E-state index in [0.29, 0.717) is 16.8 Å². The summed E-state index contributed by atoms with van der Waals surface area (Å²) in [6, 6.07) is 15.0. The van der Waals surface area contributed by atoms with E-state index in [1.807, 2.05) is 0 Å². The predicted octanol–water partition coefficient (Wildman–Crippen LogP) is 1.23. The number of carbonyl (C=O) groups excluding carboxylic acids is 3. The van der Waals surface area contributed by atoms with Gasteiger partial charge in [0.25, 0.3) is 5.91 Å². The van der Waals surface area contributed by atoms with E-state index in [9.17, 15) is 19.5 Å². The van der Waals surface area contributed by atoms with Crippen LogP contribution in [0.15, 0.2) is 54.6 Å². The van der Waals surface area contributed by atoms with Gasteiger partial charge in [0.2, 0.25) is 5.91 Å². The van der Waals surface area contributed by atoms with Gasteiger partial charge in [-0.1, -0.05) is 55.5 Å². The van der Waals surface area contributed by atoms with E-state index >= 15 is 0 Å². The molecule has 0 fully saturated rings. The number of Topliss-reactive ketones (excluding diaryl/α,β-unsaturated/α-hetero) is 1. The Morgan fingerprint density at radius 1 is 1.12 bits per heavy atom. The third-order valence-electron chi connectivity index (χ3n) is 4.57. The van der Waals surface area contributed by atoms with Crippen LogP contribution in [0.2, 0.25) is 0 Å². The van der Waals surface area contributed by atoms with Gasteiger partial charge < -0.3 is 10.8 Å². The standard InChI is InChI=1S/C19H18N2O4/c1-12(17(23)13-7-3-2-4-8-13)19(25)14-9-5-6-10-15(14)21(18(19)24)11-16(20)22/h2-10,12,25H,11H2,1H3,(H2,20,22)/t12-,19-/m1/s1. The van der Waals surface area contributed by atoms with Crippen molar-refractivity contribution in [2.75, 3.05) is 11.4 Å².